The van der Waals surface area contributed by atoms with Crippen molar-refractivity contribution >= 4 is 23.2 Å². The molecule has 9 nitrogen and oxygen atoms in total. The van der Waals surface area contributed by atoms with Gasteiger partial charge in [0.05, 0.1) is 35.8 Å². The lowest BCUT2D eigenvalue weighted by molar-refractivity contribution is -0.133. The van der Waals surface area contributed by atoms with Crippen molar-refractivity contribution in [1.29, 1.82) is 0 Å². The molecule has 11 heteroatoms. The summed E-state index contributed by atoms with van der Waals surface area (Å²) in [5.74, 6) is -0.666. The molecule has 3 atom stereocenters. The normalized spacial score (nSPS) is 22.3. The second-order valence-electron chi connectivity index (χ2n) is 9.97. The van der Waals surface area contributed by atoms with E-state index in [0.29, 0.717) is 39.8 Å². The highest BCUT2D eigenvalue weighted by atomic mass is 19.1. The first-order valence-corrected chi connectivity index (χ1v) is 12.5. The number of pyridine rings is 1. The predicted molar refractivity (Wildman–Crippen MR) is 134 cm³/mol. The van der Waals surface area contributed by atoms with Gasteiger partial charge in [0, 0.05) is 55.3 Å². The minimum atomic E-state index is -0.847. The molecule has 38 heavy (non-hydrogen) atoms. The highest BCUT2D eigenvalue weighted by molar-refractivity contribution is 5.99. The summed E-state index contributed by atoms with van der Waals surface area (Å²) in [4.78, 5) is 30.1. The van der Waals surface area contributed by atoms with E-state index in [-0.39, 0.29) is 30.4 Å². The number of carbonyl (C=O) groups excluding carboxylic acids is 1. The zero-order chi connectivity index (χ0) is 26.1. The number of anilines is 2. The van der Waals surface area contributed by atoms with Crippen LogP contribution < -0.4 is 14.5 Å². The SMILES string of the molecule is Cc1nc2cc(F)c(-c3cnc(N4C[C@H]5C[C@@H](C4)O5)nc3)cn2c1CN1C(=O)[C@@H](C)Oc2c(F)cccc21. The Morgan fingerprint density at radius 1 is 1.11 bits per heavy atom. The van der Waals surface area contributed by atoms with Gasteiger partial charge in [0.2, 0.25) is 5.95 Å². The summed E-state index contributed by atoms with van der Waals surface area (Å²) in [6.45, 7) is 4.99. The van der Waals surface area contributed by atoms with Gasteiger partial charge < -0.3 is 18.8 Å². The van der Waals surface area contributed by atoms with Crippen LogP contribution in [0.15, 0.2) is 42.9 Å². The Balaban J connectivity index is 1.24. The number of morpholine rings is 1. The predicted octanol–water partition coefficient (Wildman–Crippen LogP) is 3.67. The maximum atomic E-state index is 15.2. The van der Waals surface area contributed by atoms with Crippen LogP contribution in [-0.2, 0) is 16.1 Å². The second-order valence-corrected chi connectivity index (χ2v) is 9.97. The molecule has 0 aliphatic carbocycles. The Bertz CT molecular complexity index is 1570. The molecule has 4 aliphatic heterocycles. The van der Waals surface area contributed by atoms with Crippen molar-refractivity contribution in [3.05, 3.63) is 65.9 Å². The third-order valence-corrected chi connectivity index (χ3v) is 7.45. The van der Waals surface area contributed by atoms with Gasteiger partial charge in [-0.15, -0.1) is 0 Å². The zero-order valence-electron chi connectivity index (χ0n) is 20.8. The van der Waals surface area contributed by atoms with E-state index in [9.17, 15) is 9.18 Å². The fourth-order valence-electron chi connectivity index (χ4n) is 5.48. The van der Waals surface area contributed by atoms with E-state index < -0.39 is 17.7 Å². The molecule has 0 saturated carbocycles. The number of halogens is 2. The van der Waals surface area contributed by atoms with E-state index in [2.05, 4.69) is 19.9 Å². The van der Waals surface area contributed by atoms with Crippen LogP contribution in [0.1, 0.15) is 24.7 Å². The molecule has 4 aliphatic rings. The minimum Gasteiger partial charge on any atom is -0.476 e. The Hall–Kier alpha value is -4.12. The minimum absolute atomic E-state index is 0.0348. The van der Waals surface area contributed by atoms with Crippen LogP contribution in [0.4, 0.5) is 20.4 Å². The Morgan fingerprint density at radius 2 is 1.84 bits per heavy atom. The Labute approximate surface area is 216 Å². The molecule has 3 aromatic heterocycles. The number of aryl methyl sites for hydroxylation is 1. The quantitative estimate of drug-likeness (QED) is 0.408. The van der Waals surface area contributed by atoms with Crippen molar-refractivity contribution in [2.24, 2.45) is 0 Å². The molecule has 3 saturated heterocycles. The molecule has 2 bridgehead atoms. The first kappa shape index (κ1) is 23.0. The zero-order valence-corrected chi connectivity index (χ0v) is 20.8. The van der Waals surface area contributed by atoms with E-state index in [1.165, 1.54) is 23.1 Å². The average molecular weight is 519 g/mol. The number of rotatable bonds is 4. The molecule has 1 amide bonds. The smallest absolute Gasteiger partial charge is 0.268 e. The third kappa shape index (κ3) is 3.60. The van der Waals surface area contributed by atoms with Crippen molar-refractivity contribution in [1.82, 2.24) is 19.4 Å². The molecular weight excluding hydrogens is 494 g/mol. The summed E-state index contributed by atoms with van der Waals surface area (Å²) < 4.78 is 42.6. The van der Waals surface area contributed by atoms with Gasteiger partial charge in [-0.25, -0.2) is 23.7 Å². The lowest BCUT2D eigenvalue weighted by atomic mass is 9.99. The van der Waals surface area contributed by atoms with Gasteiger partial charge in [0.25, 0.3) is 5.91 Å². The van der Waals surface area contributed by atoms with Crippen LogP contribution in [0.25, 0.3) is 16.8 Å². The summed E-state index contributed by atoms with van der Waals surface area (Å²) in [7, 11) is 0. The number of hydrogen-bond donors (Lipinski definition) is 0. The van der Waals surface area contributed by atoms with Crippen molar-refractivity contribution in [3.63, 3.8) is 0 Å². The molecule has 194 valence electrons. The van der Waals surface area contributed by atoms with Crippen molar-refractivity contribution < 1.29 is 23.0 Å². The first-order chi connectivity index (χ1) is 18.4. The van der Waals surface area contributed by atoms with E-state index >= 15 is 4.39 Å². The molecule has 0 N–H and O–H groups in total. The molecule has 3 fully saturated rings. The number of benzene rings is 1. The molecule has 0 unspecified atom stereocenters. The van der Waals surface area contributed by atoms with Gasteiger partial charge in [-0.3, -0.25) is 9.69 Å². The van der Waals surface area contributed by atoms with Gasteiger partial charge in [0.15, 0.2) is 17.7 Å². The number of hydrogen-bond acceptors (Lipinski definition) is 7. The number of ether oxygens (including phenoxy) is 2. The van der Waals surface area contributed by atoms with Gasteiger partial charge in [-0.2, -0.15) is 0 Å². The molecular formula is C27H24F2N6O3. The van der Waals surface area contributed by atoms with Gasteiger partial charge in [0.1, 0.15) is 11.5 Å². The molecule has 0 spiro atoms. The van der Waals surface area contributed by atoms with Gasteiger partial charge in [-0.05, 0) is 26.0 Å². The fourth-order valence-corrected chi connectivity index (χ4v) is 5.48. The van der Waals surface area contributed by atoms with Crippen LogP contribution in [0, 0.1) is 18.6 Å². The lowest BCUT2D eigenvalue weighted by Crippen LogP contribution is -2.57. The monoisotopic (exact) mass is 518 g/mol. The van der Waals surface area contributed by atoms with Crippen molar-refractivity contribution in [3.8, 4) is 16.9 Å². The number of carbonyl (C=O) groups is 1. The number of aromatic nitrogens is 4. The first-order valence-electron chi connectivity index (χ1n) is 12.5. The maximum Gasteiger partial charge on any atom is 0.268 e. The summed E-state index contributed by atoms with van der Waals surface area (Å²) in [5, 5.41) is 0. The van der Waals surface area contributed by atoms with E-state index in [0.717, 1.165) is 19.5 Å². The highest BCUT2D eigenvalue weighted by Crippen LogP contribution is 2.38. The Morgan fingerprint density at radius 3 is 2.58 bits per heavy atom. The van der Waals surface area contributed by atoms with E-state index in [4.69, 9.17) is 9.47 Å². The number of fused-ring (bicyclic) bond motifs is 4. The van der Waals surface area contributed by atoms with E-state index in [1.54, 1.807) is 42.9 Å². The lowest BCUT2D eigenvalue weighted by Gasteiger charge is -2.46. The molecule has 7 heterocycles. The molecule has 0 radical (unpaired) electrons. The van der Waals surface area contributed by atoms with Crippen LogP contribution in [-0.4, -0.2) is 56.7 Å². The third-order valence-electron chi connectivity index (χ3n) is 7.45. The molecule has 1 aromatic carbocycles. The molecule has 8 rings (SSSR count). The number of nitrogens with zero attached hydrogens (tertiary/aromatic N) is 6. The number of imidazole rings is 1. The highest BCUT2D eigenvalue weighted by Gasteiger charge is 2.39. The molecule has 4 aromatic rings. The standard InChI is InChI=1S/C27H24F2N6O3/c1-14-23(13-35-22-5-3-4-20(28)25(22)37-15(2)26(35)36)34-12-19(21(29)7-24(34)32-14)16-8-30-27(31-9-16)33-10-17-6-18(11-33)38-17/h3-5,7-9,12,15,17-18H,6,10-11,13H2,1-2H3/t15-,17-,18+/m1/s1. The second kappa shape index (κ2) is 8.45. The van der Waals surface area contributed by atoms with Crippen LogP contribution in [0.2, 0.25) is 0 Å². The fraction of sp³-hybridized carbons (Fsp3) is 0.333. The van der Waals surface area contributed by atoms with Crippen molar-refractivity contribution in [2.75, 3.05) is 22.9 Å². The van der Waals surface area contributed by atoms with Crippen LogP contribution in [0.5, 0.6) is 5.75 Å². The summed E-state index contributed by atoms with van der Waals surface area (Å²) >= 11 is 0. The average Bonchev–Trinajstić information content (AvgIpc) is 3.20. The topological polar surface area (TPSA) is 85.1 Å². The van der Waals surface area contributed by atoms with Gasteiger partial charge >= 0.3 is 0 Å². The maximum absolute atomic E-state index is 15.2. The summed E-state index contributed by atoms with van der Waals surface area (Å²) in [6.07, 6.45) is 5.55. The summed E-state index contributed by atoms with van der Waals surface area (Å²) in [6, 6.07) is 5.82. The Kier molecular flexibility index (Phi) is 5.12. The number of amides is 1. The number of piperidine rings is 1. The van der Waals surface area contributed by atoms with Crippen LogP contribution >= 0.6 is 0 Å². The van der Waals surface area contributed by atoms with E-state index in [1.807, 2.05) is 0 Å². The van der Waals surface area contributed by atoms with Crippen molar-refractivity contribution in [2.45, 2.75) is 45.1 Å². The summed E-state index contributed by atoms with van der Waals surface area (Å²) in [5.41, 5.74) is 2.87. The number of para-hydroxylation sites is 1. The largest absolute Gasteiger partial charge is 0.476 e. The van der Waals surface area contributed by atoms with Crippen LogP contribution in [0.3, 0.4) is 0 Å². The van der Waals surface area contributed by atoms with Gasteiger partial charge in [-0.1, -0.05) is 6.07 Å².